The van der Waals surface area contributed by atoms with Gasteiger partial charge in [0.15, 0.2) is 0 Å². The van der Waals surface area contributed by atoms with Crippen molar-refractivity contribution in [1.82, 2.24) is 20.6 Å². The van der Waals surface area contributed by atoms with Crippen LogP contribution < -0.4 is 10.1 Å². The van der Waals surface area contributed by atoms with Gasteiger partial charge in [-0.05, 0) is 18.9 Å². The number of aliphatic hydroxyl groups is 1. The van der Waals surface area contributed by atoms with Gasteiger partial charge >= 0.3 is 6.18 Å². The molecule has 1 aliphatic heterocycles. The van der Waals surface area contributed by atoms with E-state index in [0.717, 1.165) is 12.8 Å². The molecule has 11 heteroatoms. The van der Waals surface area contributed by atoms with Gasteiger partial charge in [0.2, 0.25) is 11.6 Å². The van der Waals surface area contributed by atoms with Crippen LogP contribution in [0.1, 0.15) is 42.9 Å². The molecule has 0 unspecified atom stereocenters. The van der Waals surface area contributed by atoms with Crippen molar-refractivity contribution in [2.24, 2.45) is 0 Å². The van der Waals surface area contributed by atoms with Crippen molar-refractivity contribution in [2.45, 2.75) is 50.0 Å². The highest BCUT2D eigenvalue weighted by molar-refractivity contribution is 5.71. The lowest BCUT2D eigenvalue weighted by molar-refractivity contribution is -0.136. The maximum atomic E-state index is 14.0. The molecule has 2 aliphatic rings. The predicted molar refractivity (Wildman–Crippen MR) is 125 cm³/mol. The van der Waals surface area contributed by atoms with Crippen LogP contribution in [-0.4, -0.2) is 39.1 Å². The molecule has 3 heterocycles. The van der Waals surface area contributed by atoms with Crippen molar-refractivity contribution < 1.29 is 32.1 Å². The van der Waals surface area contributed by atoms with Gasteiger partial charge in [-0.25, -0.2) is 0 Å². The zero-order chi connectivity index (χ0) is 25.6. The zero-order valence-electron chi connectivity index (χ0n) is 19.5. The highest BCUT2D eigenvalue weighted by Gasteiger charge is 2.43. The first-order valence-electron chi connectivity index (χ1n) is 12.1. The number of alkyl halides is 3. The average Bonchev–Trinajstić information content (AvgIpc) is 3.66. The second-order valence-electron chi connectivity index (χ2n) is 9.29. The number of nitrogens with zero attached hydrogens (tertiary/aromatic N) is 3. The van der Waals surface area contributed by atoms with Crippen LogP contribution in [0.5, 0.6) is 5.75 Å². The molecular formula is C26H23F3N4O4. The number of rotatable bonds is 5. The van der Waals surface area contributed by atoms with Crippen molar-refractivity contribution in [3.63, 3.8) is 0 Å². The lowest BCUT2D eigenvalue weighted by atomic mass is 9.96. The molecule has 2 N–H and O–H groups in total. The van der Waals surface area contributed by atoms with Gasteiger partial charge in [0.1, 0.15) is 29.7 Å². The standard InChI is InChI=1S/C26H23F3N4O4/c27-26(28,29)20-21(14-6-2-1-3-7-14)32-36-23(20)25-31-24(33-37-25)15-10-11-17-19(12-15)35-13-18(22(17)34)30-16-8-4-5-9-16/h1-3,6-7,10-12,16,18,22,30,34H,4-5,8-9,13H2/t18-,22+/m1/s1. The van der Waals surface area contributed by atoms with Crippen LogP contribution in [0.15, 0.2) is 57.6 Å². The summed E-state index contributed by atoms with van der Waals surface area (Å²) in [4.78, 5) is 4.14. The number of nitrogens with one attached hydrogen (secondary N) is 1. The van der Waals surface area contributed by atoms with E-state index in [1.54, 1.807) is 36.4 Å². The van der Waals surface area contributed by atoms with E-state index in [2.05, 4.69) is 20.6 Å². The molecule has 2 aromatic carbocycles. The smallest absolute Gasteiger partial charge is 0.422 e. The third kappa shape index (κ3) is 4.49. The molecule has 0 saturated heterocycles. The minimum atomic E-state index is -4.77. The summed E-state index contributed by atoms with van der Waals surface area (Å²) in [6, 6.07) is 13.1. The minimum absolute atomic E-state index is 0.0490. The highest BCUT2D eigenvalue weighted by atomic mass is 19.4. The van der Waals surface area contributed by atoms with Crippen molar-refractivity contribution in [3.05, 3.63) is 59.7 Å². The Morgan fingerprint density at radius 3 is 2.49 bits per heavy atom. The van der Waals surface area contributed by atoms with E-state index in [1.807, 2.05) is 0 Å². The van der Waals surface area contributed by atoms with Crippen LogP contribution >= 0.6 is 0 Å². The van der Waals surface area contributed by atoms with Gasteiger partial charge in [0.05, 0.1) is 6.04 Å². The van der Waals surface area contributed by atoms with Crippen molar-refractivity contribution in [1.29, 1.82) is 0 Å². The van der Waals surface area contributed by atoms with E-state index in [9.17, 15) is 18.3 Å². The van der Waals surface area contributed by atoms with Gasteiger partial charge in [-0.2, -0.15) is 18.2 Å². The number of hydrogen-bond donors (Lipinski definition) is 2. The van der Waals surface area contributed by atoms with Crippen LogP contribution in [0.3, 0.4) is 0 Å². The van der Waals surface area contributed by atoms with Crippen LogP contribution in [0.25, 0.3) is 34.3 Å². The van der Waals surface area contributed by atoms with Crippen LogP contribution in [0.4, 0.5) is 13.2 Å². The fraction of sp³-hybridized carbons (Fsp3) is 0.346. The normalized spacial score (nSPS) is 20.1. The molecule has 2 aromatic heterocycles. The van der Waals surface area contributed by atoms with E-state index in [1.165, 1.54) is 25.0 Å². The average molecular weight is 512 g/mol. The predicted octanol–water partition coefficient (Wildman–Crippen LogP) is 5.40. The minimum Gasteiger partial charge on any atom is -0.491 e. The maximum Gasteiger partial charge on any atom is 0.422 e. The van der Waals surface area contributed by atoms with E-state index in [-0.39, 0.29) is 23.1 Å². The van der Waals surface area contributed by atoms with Gasteiger partial charge in [-0.1, -0.05) is 65.6 Å². The first-order chi connectivity index (χ1) is 17.9. The molecular weight excluding hydrogens is 489 g/mol. The fourth-order valence-corrected chi connectivity index (χ4v) is 4.99. The highest BCUT2D eigenvalue weighted by Crippen LogP contribution is 2.43. The summed E-state index contributed by atoms with van der Waals surface area (Å²) in [5, 5.41) is 21.9. The van der Waals surface area contributed by atoms with Gasteiger partial charge in [0, 0.05) is 22.7 Å². The van der Waals surface area contributed by atoms with Crippen molar-refractivity contribution in [2.75, 3.05) is 6.61 Å². The summed E-state index contributed by atoms with van der Waals surface area (Å²) in [6.45, 7) is 0.293. The molecule has 0 amide bonds. The monoisotopic (exact) mass is 512 g/mol. The van der Waals surface area contributed by atoms with Crippen LogP contribution in [0, 0.1) is 0 Å². The maximum absolute atomic E-state index is 14.0. The molecule has 0 spiro atoms. The summed E-state index contributed by atoms with van der Waals surface area (Å²) in [5.41, 5.74) is -0.127. The van der Waals surface area contributed by atoms with Gasteiger partial charge in [-0.15, -0.1) is 0 Å². The van der Waals surface area contributed by atoms with Gasteiger partial charge in [-0.3, -0.25) is 0 Å². The quantitative estimate of drug-likeness (QED) is 0.366. The van der Waals surface area contributed by atoms with Gasteiger partial charge < -0.3 is 24.2 Å². The Kier molecular flexibility index (Phi) is 5.96. The summed E-state index contributed by atoms with van der Waals surface area (Å²) < 4.78 is 58.1. The van der Waals surface area contributed by atoms with E-state index >= 15 is 0 Å². The summed E-state index contributed by atoms with van der Waals surface area (Å²) >= 11 is 0. The first kappa shape index (κ1) is 23.7. The first-order valence-corrected chi connectivity index (χ1v) is 12.1. The Balaban J connectivity index is 1.28. The van der Waals surface area contributed by atoms with E-state index < -0.39 is 29.5 Å². The molecule has 0 bridgehead atoms. The number of aromatic nitrogens is 3. The topological polar surface area (TPSA) is 106 Å². The summed E-state index contributed by atoms with van der Waals surface area (Å²) in [7, 11) is 0. The Morgan fingerprint density at radius 2 is 1.73 bits per heavy atom. The molecule has 6 rings (SSSR count). The fourth-order valence-electron chi connectivity index (χ4n) is 4.99. The number of ether oxygens (including phenoxy) is 1. The molecule has 8 nitrogen and oxygen atoms in total. The molecule has 1 fully saturated rings. The number of fused-ring (bicyclic) bond motifs is 1. The lowest BCUT2D eigenvalue weighted by Crippen LogP contribution is -2.46. The Bertz CT molecular complexity index is 1400. The number of halogens is 3. The van der Waals surface area contributed by atoms with E-state index in [4.69, 9.17) is 13.8 Å². The number of benzene rings is 2. The largest absolute Gasteiger partial charge is 0.491 e. The van der Waals surface area contributed by atoms with Crippen molar-refractivity contribution in [3.8, 4) is 40.0 Å². The SMILES string of the molecule is O[C@H]1c2ccc(-c3noc(-c4onc(-c5ccccc5)c4C(F)(F)F)n3)cc2OC[C@H]1NC1CCCC1. The zero-order valence-corrected chi connectivity index (χ0v) is 19.5. The number of hydrogen-bond acceptors (Lipinski definition) is 8. The molecule has 37 heavy (non-hydrogen) atoms. The van der Waals surface area contributed by atoms with E-state index in [0.29, 0.717) is 29.5 Å². The Morgan fingerprint density at radius 1 is 0.946 bits per heavy atom. The molecule has 0 radical (unpaired) electrons. The summed E-state index contributed by atoms with van der Waals surface area (Å²) in [5.74, 6) is -0.595. The molecule has 192 valence electrons. The Labute approximate surface area is 209 Å². The Hall–Kier alpha value is -3.70. The van der Waals surface area contributed by atoms with Crippen molar-refractivity contribution >= 4 is 0 Å². The molecule has 2 atom stereocenters. The second kappa shape index (κ2) is 9.31. The molecule has 4 aromatic rings. The second-order valence-corrected chi connectivity index (χ2v) is 9.29. The van der Waals surface area contributed by atoms with Crippen LogP contribution in [-0.2, 0) is 6.18 Å². The number of aliphatic hydroxyl groups excluding tert-OH is 1. The molecule has 1 aliphatic carbocycles. The third-order valence-electron chi connectivity index (χ3n) is 6.84. The molecule has 1 saturated carbocycles. The van der Waals surface area contributed by atoms with Gasteiger partial charge in [0.25, 0.3) is 5.89 Å². The summed E-state index contributed by atoms with van der Waals surface area (Å²) in [6.07, 6.45) is -0.986. The lowest BCUT2D eigenvalue weighted by Gasteiger charge is -2.33. The van der Waals surface area contributed by atoms with Crippen LogP contribution in [0.2, 0.25) is 0 Å². The third-order valence-corrected chi connectivity index (χ3v) is 6.84.